The standard InChI is InChI=1S/C22H26F3N5O2/c23-22(24,25)19-8-7-16(13-26-19)21(32)27-14-17-5-1-2-9-29(17)10-11-30-20(31)12-15-4-3-6-18(15)28-30/h7-8,12-13,17H,1-6,9-11,14H2,(H,27,32). The maximum absolute atomic E-state index is 12.6. The second kappa shape index (κ2) is 9.40. The lowest BCUT2D eigenvalue weighted by atomic mass is 10.0. The van der Waals surface area contributed by atoms with Gasteiger partial charge in [-0.3, -0.25) is 19.5 Å². The molecule has 4 rings (SSSR count). The van der Waals surface area contributed by atoms with Crippen molar-refractivity contribution < 1.29 is 18.0 Å². The van der Waals surface area contributed by atoms with Gasteiger partial charge < -0.3 is 5.32 Å². The van der Waals surface area contributed by atoms with Crippen LogP contribution in [-0.2, 0) is 25.6 Å². The molecule has 0 spiro atoms. The first-order valence-electron chi connectivity index (χ1n) is 11.0. The number of rotatable bonds is 6. The quantitative estimate of drug-likeness (QED) is 0.733. The molecule has 1 atom stereocenters. The molecule has 0 bridgehead atoms. The van der Waals surface area contributed by atoms with Gasteiger partial charge in [-0.15, -0.1) is 0 Å². The zero-order valence-corrected chi connectivity index (χ0v) is 17.7. The van der Waals surface area contributed by atoms with E-state index in [2.05, 4.69) is 20.3 Å². The lowest BCUT2D eigenvalue weighted by Gasteiger charge is -2.35. The van der Waals surface area contributed by atoms with Crippen LogP contribution in [0.1, 0.15) is 53.0 Å². The zero-order valence-electron chi connectivity index (χ0n) is 17.7. The lowest BCUT2D eigenvalue weighted by molar-refractivity contribution is -0.141. The van der Waals surface area contributed by atoms with Gasteiger partial charge in [-0.1, -0.05) is 6.42 Å². The van der Waals surface area contributed by atoms with Crippen LogP contribution in [0.2, 0.25) is 0 Å². The van der Waals surface area contributed by atoms with Crippen LogP contribution in [0.4, 0.5) is 13.2 Å². The third kappa shape index (κ3) is 5.17. The first-order valence-corrected chi connectivity index (χ1v) is 11.0. The number of likely N-dealkylation sites (tertiary alicyclic amines) is 1. The molecule has 2 aromatic rings. The highest BCUT2D eigenvalue weighted by Gasteiger charge is 2.32. The van der Waals surface area contributed by atoms with Gasteiger partial charge in [0.2, 0.25) is 0 Å². The molecule has 172 valence electrons. The molecule has 10 heteroatoms. The number of amides is 1. The predicted molar refractivity (Wildman–Crippen MR) is 111 cm³/mol. The summed E-state index contributed by atoms with van der Waals surface area (Å²) >= 11 is 0. The van der Waals surface area contributed by atoms with Crippen LogP contribution >= 0.6 is 0 Å². The van der Waals surface area contributed by atoms with Crippen molar-refractivity contribution in [1.29, 1.82) is 0 Å². The molecule has 0 aromatic carbocycles. The Bertz CT molecular complexity index is 1020. The maximum Gasteiger partial charge on any atom is 0.433 e. The van der Waals surface area contributed by atoms with Crippen LogP contribution in [0.25, 0.3) is 0 Å². The van der Waals surface area contributed by atoms with E-state index < -0.39 is 17.8 Å². The van der Waals surface area contributed by atoms with Gasteiger partial charge in [-0.05, 0) is 56.3 Å². The van der Waals surface area contributed by atoms with Crippen molar-refractivity contribution in [2.75, 3.05) is 19.6 Å². The second-order valence-electron chi connectivity index (χ2n) is 8.36. The fourth-order valence-corrected chi connectivity index (χ4v) is 4.42. The summed E-state index contributed by atoms with van der Waals surface area (Å²) < 4.78 is 39.5. The van der Waals surface area contributed by atoms with Crippen molar-refractivity contribution in [3.63, 3.8) is 0 Å². The summed E-state index contributed by atoms with van der Waals surface area (Å²) in [5.41, 5.74) is 1.05. The molecule has 1 saturated heterocycles. The van der Waals surface area contributed by atoms with Crippen LogP contribution in [0, 0.1) is 0 Å². The van der Waals surface area contributed by atoms with Crippen molar-refractivity contribution in [3.05, 3.63) is 57.3 Å². The van der Waals surface area contributed by atoms with Crippen LogP contribution in [0.15, 0.2) is 29.2 Å². The second-order valence-corrected chi connectivity index (χ2v) is 8.36. The van der Waals surface area contributed by atoms with Gasteiger partial charge >= 0.3 is 6.18 Å². The largest absolute Gasteiger partial charge is 0.433 e. The van der Waals surface area contributed by atoms with Crippen molar-refractivity contribution >= 4 is 5.91 Å². The first kappa shape index (κ1) is 22.4. The highest BCUT2D eigenvalue weighted by Crippen LogP contribution is 2.27. The Kier molecular flexibility index (Phi) is 6.59. The van der Waals surface area contributed by atoms with Crippen LogP contribution < -0.4 is 10.9 Å². The predicted octanol–water partition coefficient (Wildman–Crippen LogP) is 2.43. The Morgan fingerprint density at radius 2 is 2.00 bits per heavy atom. The van der Waals surface area contributed by atoms with Crippen LogP contribution in [0.5, 0.6) is 0 Å². The minimum absolute atomic E-state index is 0.0812. The number of alkyl halides is 3. The van der Waals surface area contributed by atoms with E-state index in [0.717, 1.165) is 74.7 Å². The Labute approximate surface area is 183 Å². The number of hydrogen-bond acceptors (Lipinski definition) is 5. The zero-order chi connectivity index (χ0) is 22.7. The van der Waals surface area contributed by atoms with E-state index in [4.69, 9.17) is 0 Å². The Morgan fingerprint density at radius 1 is 1.16 bits per heavy atom. The Hall–Kier alpha value is -2.75. The summed E-state index contributed by atoms with van der Waals surface area (Å²) in [7, 11) is 0. The number of aryl methyl sites for hydroxylation is 2. The normalized spacial score (nSPS) is 19.0. The molecule has 0 saturated carbocycles. The number of nitrogens with one attached hydrogen (secondary N) is 1. The minimum atomic E-state index is -4.53. The van der Waals surface area contributed by atoms with Gasteiger partial charge in [-0.2, -0.15) is 18.3 Å². The van der Waals surface area contributed by atoms with E-state index in [0.29, 0.717) is 19.6 Å². The summed E-state index contributed by atoms with van der Waals surface area (Å²) in [6, 6.07) is 3.74. The molecule has 1 N–H and O–H groups in total. The molecule has 1 amide bonds. The third-order valence-corrected chi connectivity index (χ3v) is 6.19. The summed E-state index contributed by atoms with van der Waals surface area (Å²) in [4.78, 5) is 30.3. The molecular weight excluding hydrogens is 423 g/mol. The number of carbonyl (C=O) groups excluding carboxylic acids is 1. The monoisotopic (exact) mass is 449 g/mol. The number of aromatic nitrogens is 3. The lowest BCUT2D eigenvalue weighted by Crippen LogP contribution is -2.48. The third-order valence-electron chi connectivity index (χ3n) is 6.19. The summed E-state index contributed by atoms with van der Waals surface area (Å²) in [5.74, 6) is -0.451. The van der Waals surface area contributed by atoms with E-state index in [1.807, 2.05) is 0 Å². The summed E-state index contributed by atoms with van der Waals surface area (Å²) in [6.07, 6.45) is 2.26. The fraction of sp³-hybridized carbons (Fsp3) is 0.545. The van der Waals surface area contributed by atoms with Crippen molar-refractivity contribution in [1.82, 2.24) is 25.0 Å². The molecule has 0 radical (unpaired) electrons. The van der Waals surface area contributed by atoms with E-state index in [-0.39, 0.29) is 17.2 Å². The first-order chi connectivity index (χ1) is 15.3. The maximum atomic E-state index is 12.6. The Morgan fingerprint density at radius 3 is 2.75 bits per heavy atom. The van der Waals surface area contributed by atoms with E-state index in [1.54, 1.807) is 6.07 Å². The number of carbonyl (C=O) groups is 1. The van der Waals surface area contributed by atoms with Gasteiger partial charge in [0, 0.05) is 31.4 Å². The van der Waals surface area contributed by atoms with E-state index in [9.17, 15) is 22.8 Å². The van der Waals surface area contributed by atoms with Gasteiger partial charge in [0.1, 0.15) is 5.69 Å². The highest BCUT2D eigenvalue weighted by molar-refractivity contribution is 5.93. The molecule has 1 fully saturated rings. The van der Waals surface area contributed by atoms with Gasteiger partial charge in [0.05, 0.1) is 17.8 Å². The number of fused-ring (bicyclic) bond motifs is 1. The molecule has 3 heterocycles. The topological polar surface area (TPSA) is 80.1 Å². The minimum Gasteiger partial charge on any atom is -0.350 e. The molecule has 1 aliphatic heterocycles. The van der Waals surface area contributed by atoms with Crippen LogP contribution in [0.3, 0.4) is 0 Å². The van der Waals surface area contributed by atoms with E-state index >= 15 is 0 Å². The smallest absolute Gasteiger partial charge is 0.350 e. The van der Waals surface area contributed by atoms with Gasteiger partial charge in [0.15, 0.2) is 0 Å². The number of nitrogens with zero attached hydrogens (tertiary/aromatic N) is 4. The highest BCUT2D eigenvalue weighted by atomic mass is 19.4. The number of hydrogen-bond donors (Lipinski definition) is 1. The molecule has 1 aliphatic carbocycles. The average molecular weight is 449 g/mol. The van der Waals surface area contributed by atoms with Gasteiger partial charge in [0.25, 0.3) is 11.5 Å². The molecule has 2 aromatic heterocycles. The van der Waals surface area contributed by atoms with Crippen molar-refractivity contribution in [2.24, 2.45) is 0 Å². The summed E-state index contributed by atoms with van der Waals surface area (Å²) in [5, 5.41) is 7.34. The number of piperidine rings is 1. The SMILES string of the molecule is O=C(NCC1CCCCN1CCn1nc2c(cc1=O)CCC2)c1ccc(C(F)(F)F)nc1. The molecular formula is C22H26F3N5O2. The number of pyridine rings is 1. The Balaban J connectivity index is 1.33. The van der Waals surface area contributed by atoms with Gasteiger partial charge in [-0.25, -0.2) is 4.68 Å². The molecule has 1 unspecified atom stereocenters. The molecule has 2 aliphatic rings. The summed E-state index contributed by atoms with van der Waals surface area (Å²) in [6.45, 7) is 2.38. The van der Waals surface area contributed by atoms with E-state index in [1.165, 1.54) is 4.68 Å². The van der Waals surface area contributed by atoms with Crippen molar-refractivity contribution in [3.8, 4) is 0 Å². The number of halogens is 3. The molecule has 7 nitrogen and oxygen atoms in total. The fourth-order valence-electron chi connectivity index (χ4n) is 4.42. The average Bonchev–Trinajstić information content (AvgIpc) is 3.23. The van der Waals surface area contributed by atoms with Crippen molar-refractivity contribution in [2.45, 2.75) is 57.3 Å². The van der Waals surface area contributed by atoms with Crippen LogP contribution in [-0.4, -0.2) is 51.2 Å². The molecule has 32 heavy (non-hydrogen) atoms.